The maximum Gasteiger partial charge on any atom is 0.239 e. The van der Waals surface area contributed by atoms with Crippen LogP contribution in [0.3, 0.4) is 0 Å². The lowest BCUT2D eigenvalue weighted by Gasteiger charge is -2.14. The minimum absolute atomic E-state index is 0.141. The van der Waals surface area contributed by atoms with Gasteiger partial charge >= 0.3 is 0 Å². The van der Waals surface area contributed by atoms with Gasteiger partial charge in [-0.2, -0.15) is 0 Å². The van der Waals surface area contributed by atoms with Gasteiger partial charge in [0.1, 0.15) is 0 Å². The zero-order valence-corrected chi connectivity index (χ0v) is 24.7. The highest BCUT2D eigenvalue weighted by Crippen LogP contribution is 2.44. The molecule has 0 saturated carbocycles. The Balaban J connectivity index is 2.22. The van der Waals surface area contributed by atoms with Crippen molar-refractivity contribution in [2.75, 3.05) is 0 Å². The van der Waals surface area contributed by atoms with Crippen molar-refractivity contribution >= 4 is 127 Å². The summed E-state index contributed by atoms with van der Waals surface area (Å²) < 4.78 is 46.4. The Morgan fingerprint density at radius 3 is 1.04 bits per heavy atom. The predicted octanol–water partition coefficient (Wildman–Crippen LogP) is 6.98. The molecule has 0 fully saturated rings. The summed E-state index contributed by atoms with van der Waals surface area (Å²) >= 11 is 19.5. The van der Waals surface area contributed by atoms with E-state index in [2.05, 4.69) is 95.6 Å². The van der Waals surface area contributed by atoms with E-state index in [9.17, 15) is 16.8 Å². The number of benzene rings is 2. The number of hydrogen-bond donors (Lipinski definition) is 0. The van der Waals surface area contributed by atoms with Crippen molar-refractivity contribution < 1.29 is 16.8 Å². The molecular weight excluding hydrogens is 808 g/mol. The quantitative estimate of drug-likeness (QED) is 0.312. The highest BCUT2D eigenvalue weighted by molar-refractivity contribution is 9.42. The molecule has 0 amide bonds. The zero-order valence-electron chi connectivity index (χ0n) is 12.7. The van der Waals surface area contributed by atoms with Gasteiger partial charge in [0, 0.05) is 9.79 Å². The van der Waals surface area contributed by atoms with Crippen LogP contribution < -0.4 is 0 Å². The van der Waals surface area contributed by atoms with Crippen LogP contribution in [0.5, 0.6) is 0 Å². The van der Waals surface area contributed by atoms with E-state index in [-0.39, 0.29) is 9.79 Å². The molecule has 148 valence electrons. The molecule has 0 atom stereocenters. The minimum atomic E-state index is -3.64. The summed E-state index contributed by atoms with van der Waals surface area (Å²) in [5, 5.41) is 0. The molecule has 2 aromatic rings. The van der Waals surface area contributed by atoms with Gasteiger partial charge in [-0.05, 0) is 144 Å². The lowest BCUT2D eigenvalue weighted by atomic mass is 10.4. The van der Waals surface area contributed by atoms with Crippen molar-refractivity contribution in [3.05, 3.63) is 48.5 Å². The minimum Gasteiger partial charge on any atom is -0.220 e. The molecule has 0 bridgehead atoms. The van der Waals surface area contributed by atoms with E-state index in [1.165, 1.54) is 36.0 Å². The van der Waals surface area contributed by atoms with Crippen LogP contribution in [0, 0.1) is 0 Å². The molecule has 4 nitrogen and oxygen atoms in total. The van der Waals surface area contributed by atoms with E-state index in [0.29, 0.717) is 0 Å². The van der Waals surface area contributed by atoms with Crippen molar-refractivity contribution in [3.8, 4) is 0 Å². The average Bonchev–Trinajstić information content (AvgIpc) is 2.54. The van der Waals surface area contributed by atoms with Gasteiger partial charge in [0.05, 0.1) is 9.79 Å². The number of hydrogen-bond acceptors (Lipinski definition) is 5. The molecule has 0 unspecified atom stereocenters. The molecule has 27 heavy (non-hydrogen) atoms. The van der Waals surface area contributed by atoms with Crippen LogP contribution in [0.2, 0.25) is 0 Å². The van der Waals surface area contributed by atoms with E-state index in [1.807, 2.05) is 0 Å². The second kappa shape index (κ2) is 8.97. The summed E-state index contributed by atoms with van der Waals surface area (Å²) in [6.45, 7) is 0. The van der Waals surface area contributed by atoms with Crippen molar-refractivity contribution in [1.29, 1.82) is 0 Å². The van der Waals surface area contributed by atoms with E-state index >= 15 is 0 Å². The summed E-state index contributed by atoms with van der Waals surface area (Å²) in [4.78, 5) is 1.90. The maximum atomic E-state index is 12.3. The first-order valence-corrected chi connectivity index (χ1v) is 15.2. The van der Waals surface area contributed by atoms with Crippen LogP contribution in [0.15, 0.2) is 68.1 Å². The molecule has 0 spiro atoms. The van der Waals surface area contributed by atoms with Gasteiger partial charge in [-0.1, -0.05) is 11.8 Å². The van der Waals surface area contributed by atoms with Gasteiger partial charge in [0.15, 0.2) is 0 Å². The fourth-order valence-electron chi connectivity index (χ4n) is 1.78. The Morgan fingerprint density at radius 1 is 0.556 bits per heavy atom. The Bertz CT molecular complexity index is 937. The third-order valence-corrected chi connectivity index (χ3v) is 14.8. The maximum absolute atomic E-state index is 12.3. The van der Waals surface area contributed by atoms with E-state index in [1.54, 1.807) is 24.3 Å². The Kier molecular flexibility index (Phi) is 8.26. The molecule has 0 aliphatic carbocycles. The van der Waals surface area contributed by atoms with Crippen LogP contribution in [0.25, 0.3) is 0 Å². The summed E-state index contributed by atoms with van der Waals surface area (Å²) in [6.07, 6.45) is 0. The van der Waals surface area contributed by atoms with Gasteiger partial charge < -0.3 is 0 Å². The van der Waals surface area contributed by atoms with Crippen LogP contribution in [0.4, 0.5) is 0 Å². The molecule has 0 radical (unpaired) electrons. The standard InChI is InChI=1S/C14H8Br6O4S3/c15-13(16,17)26(21,22)11-5-1-9(2-6-11)25-10-3-7-12(8-4-10)27(23,24)14(18,19)20/h1-8H. The van der Waals surface area contributed by atoms with Crippen molar-refractivity contribution in [1.82, 2.24) is 0 Å². The molecule has 2 aromatic carbocycles. The molecular formula is C14H8Br6O4S3. The highest BCUT2D eigenvalue weighted by atomic mass is 80.0. The van der Waals surface area contributed by atoms with E-state index in [0.717, 1.165) is 9.79 Å². The average molecular weight is 816 g/mol. The molecule has 0 heterocycles. The first kappa shape index (κ1) is 24.8. The topological polar surface area (TPSA) is 68.3 Å². The summed E-state index contributed by atoms with van der Waals surface area (Å²) in [5.41, 5.74) is 0. The molecule has 2 rings (SSSR count). The smallest absolute Gasteiger partial charge is 0.220 e. The fraction of sp³-hybridized carbons (Fsp3) is 0.143. The van der Waals surface area contributed by atoms with Crippen molar-refractivity contribution in [3.63, 3.8) is 0 Å². The monoisotopic (exact) mass is 809 g/mol. The second-order valence-electron chi connectivity index (χ2n) is 4.94. The van der Waals surface area contributed by atoms with Gasteiger partial charge in [-0.15, -0.1) is 0 Å². The SMILES string of the molecule is O=S(=O)(c1ccc(Sc2ccc(S(=O)(=O)C(Br)(Br)Br)cc2)cc1)C(Br)(Br)Br. The van der Waals surface area contributed by atoms with E-state index in [4.69, 9.17) is 0 Å². The third-order valence-electron chi connectivity index (χ3n) is 3.11. The molecule has 0 N–H and O–H groups in total. The van der Waals surface area contributed by atoms with Crippen molar-refractivity contribution in [2.45, 2.75) is 22.5 Å². The fourth-order valence-corrected chi connectivity index (χ4v) is 7.48. The largest absolute Gasteiger partial charge is 0.239 e. The van der Waals surface area contributed by atoms with Gasteiger partial charge in [0.2, 0.25) is 22.6 Å². The first-order chi connectivity index (χ1) is 12.2. The Hall–Kier alpha value is 1.57. The van der Waals surface area contributed by atoms with Crippen LogP contribution in [0.1, 0.15) is 0 Å². The van der Waals surface area contributed by atoms with Gasteiger partial charge in [-0.25, -0.2) is 16.8 Å². The van der Waals surface area contributed by atoms with Crippen molar-refractivity contribution in [2.24, 2.45) is 0 Å². The lowest BCUT2D eigenvalue weighted by Crippen LogP contribution is -2.17. The van der Waals surface area contributed by atoms with Gasteiger partial charge in [0.25, 0.3) is 0 Å². The normalized spacial score (nSPS) is 13.6. The van der Waals surface area contributed by atoms with Crippen LogP contribution >= 0.6 is 107 Å². The summed E-state index contributed by atoms with van der Waals surface area (Å²) in [5.74, 6) is 0. The number of alkyl halides is 6. The summed E-state index contributed by atoms with van der Waals surface area (Å²) in [6, 6.07) is 12.7. The molecule has 0 saturated heterocycles. The third kappa shape index (κ3) is 5.84. The Morgan fingerprint density at radius 2 is 0.815 bits per heavy atom. The predicted molar refractivity (Wildman–Crippen MR) is 130 cm³/mol. The highest BCUT2D eigenvalue weighted by Gasteiger charge is 2.38. The van der Waals surface area contributed by atoms with Crippen LogP contribution in [-0.4, -0.2) is 19.8 Å². The molecule has 0 aromatic heterocycles. The van der Waals surface area contributed by atoms with Crippen LogP contribution in [-0.2, 0) is 19.7 Å². The first-order valence-electron chi connectivity index (χ1n) is 6.67. The zero-order chi connectivity index (χ0) is 20.7. The number of halogens is 6. The number of sulfone groups is 2. The van der Waals surface area contributed by atoms with E-state index < -0.39 is 22.6 Å². The number of rotatable bonds is 4. The molecule has 13 heteroatoms. The van der Waals surface area contributed by atoms with Gasteiger partial charge in [-0.3, -0.25) is 0 Å². The second-order valence-corrected chi connectivity index (χ2v) is 26.9. The summed E-state index contributed by atoms with van der Waals surface area (Å²) in [7, 11) is -7.28. The Labute approximate surface area is 212 Å². The molecule has 0 aliphatic rings. The molecule has 0 aliphatic heterocycles. The lowest BCUT2D eigenvalue weighted by molar-refractivity contribution is 0.597.